The van der Waals surface area contributed by atoms with Gasteiger partial charge in [0.05, 0.1) is 19.8 Å². The summed E-state index contributed by atoms with van der Waals surface area (Å²) in [5.41, 5.74) is 5.34. The van der Waals surface area contributed by atoms with Crippen LogP contribution in [-0.2, 0) is 19.1 Å². The Morgan fingerprint density at radius 2 is 2.00 bits per heavy atom. The van der Waals surface area contributed by atoms with E-state index in [1.54, 1.807) is 4.90 Å². The van der Waals surface area contributed by atoms with Crippen LogP contribution in [0.4, 0.5) is 0 Å². The molecule has 2 rings (SSSR count). The van der Waals surface area contributed by atoms with Gasteiger partial charge in [0.1, 0.15) is 12.1 Å². The first-order valence-corrected chi connectivity index (χ1v) is 6.50. The zero-order chi connectivity index (χ0) is 13.0. The Balaban J connectivity index is 1.89. The third kappa shape index (κ3) is 3.00. The summed E-state index contributed by atoms with van der Waals surface area (Å²) in [6.45, 7) is 1.81. The first kappa shape index (κ1) is 13.3. The maximum Gasteiger partial charge on any atom is 0.329 e. The Morgan fingerprint density at radius 3 is 2.67 bits per heavy atom. The van der Waals surface area contributed by atoms with Crippen LogP contribution in [-0.4, -0.2) is 55.2 Å². The van der Waals surface area contributed by atoms with Gasteiger partial charge in [0.15, 0.2) is 0 Å². The molecule has 0 unspecified atom stereocenters. The molecule has 2 aliphatic rings. The minimum absolute atomic E-state index is 0.0545. The molecule has 2 saturated heterocycles. The van der Waals surface area contributed by atoms with Gasteiger partial charge in [-0.25, -0.2) is 4.79 Å². The van der Waals surface area contributed by atoms with E-state index in [4.69, 9.17) is 15.2 Å². The molecular weight excluding hydrogens is 236 g/mol. The van der Waals surface area contributed by atoms with Crippen molar-refractivity contribution in [1.82, 2.24) is 4.90 Å². The number of hydrogen-bond acceptors (Lipinski definition) is 5. The molecule has 6 heteroatoms. The van der Waals surface area contributed by atoms with E-state index in [1.165, 1.54) is 0 Å². The molecular formula is C12H20N2O4. The lowest BCUT2D eigenvalue weighted by Crippen LogP contribution is -2.45. The van der Waals surface area contributed by atoms with Crippen LogP contribution in [0.3, 0.4) is 0 Å². The molecule has 0 spiro atoms. The van der Waals surface area contributed by atoms with Gasteiger partial charge in [0.25, 0.3) is 0 Å². The summed E-state index contributed by atoms with van der Waals surface area (Å²) in [6, 6.07) is -0.441. The molecule has 0 saturated carbocycles. The highest BCUT2D eigenvalue weighted by Crippen LogP contribution is 2.20. The zero-order valence-corrected chi connectivity index (χ0v) is 10.5. The topological polar surface area (TPSA) is 81.9 Å². The number of hydrogen-bond donors (Lipinski definition) is 1. The molecule has 1 amide bonds. The van der Waals surface area contributed by atoms with Crippen molar-refractivity contribution in [3.05, 3.63) is 0 Å². The van der Waals surface area contributed by atoms with Gasteiger partial charge in [-0.2, -0.15) is 0 Å². The highest BCUT2D eigenvalue weighted by molar-refractivity contribution is 5.86. The summed E-state index contributed by atoms with van der Waals surface area (Å²) >= 11 is 0. The molecule has 0 aromatic heterocycles. The molecule has 6 nitrogen and oxygen atoms in total. The molecule has 2 fully saturated rings. The molecule has 2 N–H and O–H groups in total. The van der Waals surface area contributed by atoms with Crippen LogP contribution in [0, 0.1) is 0 Å². The first-order valence-electron chi connectivity index (χ1n) is 6.50. The number of likely N-dealkylation sites (tertiary alicyclic amines) is 1. The van der Waals surface area contributed by atoms with Gasteiger partial charge in [-0.05, 0) is 12.8 Å². The zero-order valence-electron chi connectivity index (χ0n) is 10.5. The maximum atomic E-state index is 12.0. The average Bonchev–Trinajstić information content (AvgIpc) is 2.88. The monoisotopic (exact) mass is 256 g/mol. The van der Waals surface area contributed by atoms with Crippen molar-refractivity contribution < 1.29 is 19.1 Å². The van der Waals surface area contributed by atoms with Gasteiger partial charge in [-0.1, -0.05) is 0 Å². The maximum absolute atomic E-state index is 12.0. The SMILES string of the molecule is NCC(=O)N1CCC[C@H]1C(=O)OC1CCOCC1. The molecule has 1 atom stereocenters. The highest BCUT2D eigenvalue weighted by atomic mass is 16.6. The molecule has 0 aliphatic carbocycles. The van der Waals surface area contributed by atoms with Gasteiger partial charge in [-0.3, -0.25) is 4.79 Å². The summed E-state index contributed by atoms with van der Waals surface area (Å²) in [7, 11) is 0. The van der Waals surface area contributed by atoms with Crippen molar-refractivity contribution >= 4 is 11.9 Å². The average molecular weight is 256 g/mol. The Kier molecular flexibility index (Phi) is 4.54. The predicted octanol–water partition coefficient (Wildman–Crippen LogP) is -0.342. The van der Waals surface area contributed by atoms with Crippen molar-refractivity contribution in [1.29, 1.82) is 0 Å². The third-order valence-corrected chi connectivity index (χ3v) is 3.47. The van der Waals surface area contributed by atoms with Crippen LogP contribution in [0.2, 0.25) is 0 Å². The van der Waals surface area contributed by atoms with E-state index in [9.17, 15) is 9.59 Å². The fourth-order valence-electron chi connectivity index (χ4n) is 2.46. The Labute approximate surface area is 106 Å². The second kappa shape index (κ2) is 6.15. The number of nitrogens with two attached hydrogens (primary N) is 1. The van der Waals surface area contributed by atoms with Crippen LogP contribution >= 0.6 is 0 Å². The van der Waals surface area contributed by atoms with E-state index >= 15 is 0 Å². The minimum Gasteiger partial charge on any atom is -0.461 e. The Morgan fingerprint density at radius 1 is 1.28 bits per heavy atom. The lowest BCUT2D eigenvalue weighted by Gasteiger charge is -2.27. The molecule has 0 aromatic carbocycles. The van der Waals surface area contributed by atoms with E-state index in [-0.39, 0.29) is 24.5 Å². The fraction of sp³-hybridized carbons (Fsp3) is 0.833. The smallest absolute Gasteiger partial charge is 0.329 e. The Hall–Kier alpha value is -1.14. The molecule has 2 aliphatic heterocycles. The van der Waals surface area contributed by atoms with Crippen molar-refractivity contribution in [2.45, 2.75) is 37.8 Å². The van der Waals surface area contributed by atoms with Gasteiger partial charge in [-0.15, -0.1) is 0 Å². The lowest BCUT2D eigenvalue weighted by molar-refractivity contribution is -0.161. The summed E-state index contributed by atoms with van der Waals surface area (Å²) < 4.78 is 10.7. The number of rotatable bonds is 3. The summed E-state index contributed by atoms with van der Waals surface area (Å²) in [4.78, 5) is 25.2. The largest absolute Gasteiger partial charge is 0.461 e. The van der Waals surface area contributed by atoms with Gasteiger partial charge in [0.2, 0.25) is 5.91 Å². The number of carbonyl (C=O) groups excluding carboxylic acids is 2. The van der Waals surface area contributed by atoms with Crippen molar-refractivity contribution in [2.75, 3.05) is 26.3 Å². The fourth-order valence-corrected chi connectivity index (χ4v) is 2.46. The standard InChI is InChI=1S/C12H20N2O4/c13-8-11(15)14-5-1-2-10(14)12(16)18-9-3-6-17-7-4-9/h9-10H,1-8,13H2/t10-/m0/s1. The molecule has 0 radical (unpaired) electrons. The molecule has 2 heterocycles. The van der Waals surface area contributed by atoms with E-state index < -0.39 is 6.04 Å². The van der Waals surface area contributed by atoms with Crippen LogP contribution in [0.5, 0.6) is 0 Å². The van der Waals surface area contributed by atoms with Crippen LogP contribution in [0.15, 0.2) is 0 Å². The van der Waals surface area contributed by atoms with E-state index in [1.807, 2.05) is 0 Å². The number of esters is 1. The van der Waals surface area contributed by atoms with Crippen molar-refractivity contribution in [3.63, 3.8) is 0 Å². The highest BCUT2D eigenvalue weighted by Gasteiger charge is 2.35. The number of nitrogens with zero attached hydrogens (tertiary/aromatic N) is 1. The second-order valence-electron chi connectivity index (χ2n) is 4.70. The van der Waals surface area contributed by atoms with Crippen molar-refractivity contribution in [2.24, 2.45) is 5.73 Å². The molecule has 0 bridgehead atoms. The third-order valence-electron chi connectivity index (χ3n) is 3.47. The predicted molar refractivity (Wildman–Crippen MR) is 63.7 cm³/mol. The van der Waals surface area contributed by atoms with Crippen LogP contribution in [0.1, 0.15) is 25.7 Å². The van der Waals surface area contributed by atoms with E-state index in [0.717, 1.165) is 19.3 Å². The summed E-state index contributed by atoms with van der Waals surface area (Å²) in [6.07, 6.45) is 2.92. The Bertz CT molecular complexity index is 315. The molecule has 18 heavy (non-hydrogen) atoms. The normalized spacial score (nSPS) is 25.2. The lowest BCUT2D eigenvalue weighted by atomic mass is 10.1. The quantitative estimate of drug-likeness (QED) is 0.698. The number of carbonyl (C=O) groups is 2. The van der Waals surface area contributed by atoms with E-state index in [2.05, 4.69) is 0 Å². The van der Waals surface area contributed by atoms with Gasteiger partial charge < -0.3 is 20.1 Å². The summed E-state index contributed by atoms with van der Waals surface area (Å²) in [5.74, 6) is -0.470. The minimum atomic E-state index is -0.441. The second-order valence-corrected chi connectivity index (χ2v) is 4.70. The number of ether oxygens (including phenoxy) is 2. The van der Waals surface area contributed by atoms with Gasteiger partial charge in [0, 0.05) is 19.4 Å². The van der Waals surface area contributed by atoms with E-state index in [0.29, 0.717) is 26.2 Å². The van der Waals surface area contributed by atoms with Crippen molar-refractivity contribution in [3.8, 4) is 0 Å². The summed E-state index contributed by atoms with van der Waals surface area (Å²) in [5, 5.41) is 0. The number of amides is 1. The van der Waals surface area contributed by atoms with Crippen LogP contribution in [0.25, 0.3) is 0 Å². The molecule has 102 valence electrons. The molecule has 0 aromatic rings. The first-order chi connectivity index (χ1) is 8.72. The van der Waals surface area contributed by atoms with Crippen LogP contribution < -0.4 is 5.73 Å². The van der Waals surface area contributed by atoms with Gasteiger partial charge >= 0.3 is 5.97 Å².